The van der Waals surface area contributed by atoms with Crippen LogP contribution in [-0.4, -0.2) is 30.2 Å². The second-order valence-corrected chi connectivity index (χ2v) is 5.29. The van der Waals surface area contributed by atoms with E-state index in [9.17, 15) is 0 Å². The van der Waals surface area contributed by atoms with Crippen LogP contribution in [0.2, 0.25) is 0 Å². The largest absolute Gasteiger partial charge is 0.436 e. The van der Waals surface area contributed by atoms with Crippen LogP contribution < -0.4 is 15.8 Å². The number of hydrogen-bond donors (Lipinski definition) is 2. The third-order valence-electron chi connectivity index (χ3n) is 3.62. The summed E-state index contributed by atoms with van der Waals surface area (Å²) in [6.07, 6.45) is 2.30. The molecule has 124 valence electrons. The van der Waals surface area contributed by atoms with Gasteiger partial charge >= 0.3 is 0 Å². The number of hydrogen-bond acceptors (Lipinski definition) is 6. The molecular weight excluding hydrogens is 304 g/mol. The summed E-state index contributed by atoms with van der Waals surface area (Å²) in [6.45, 7) is 1.39. The first-order chi connectivity index (χ1) is 11.8. The van der Waals surface area contributed by atoms with E-state index in [1.165, 1.54) is 6.33 Å². The molecule has 0 bridgehead atoms. The summed E-state index contributed by atoms with van der Waals surface area (Å²) in [6, 6.07) is 13.9. The molecule has 0 atom stereocenters. The summed E-state index contributed by atoms with van der Waals surface area (Å²) in [5.41, 5.74) is 6.54. The number of nitrogens with one attached hydrogen (secondary N) is 1. The van der Waals surface area contributed by atoms with E-state index in [4.69, 9.17) is 15.2 Å². The minimum atomic E-state index is 0.343. The number of methoxy groups -OCH3 is 1. The first-order valence-electron chi connectivity index (χ1n) is 7.78. The summed E-state index contributed by atoms with van der Waals surface area (Å²) >= 11 is 0. The Labute approximate surface area is 140 Å². The molecule has 6 heteroatoms. The first-order valence-corrected chi connectivity index (χ1v) is 7.78. The number of nitrogen functional groups attached to an aromatic ring is 1. The van der Waals surface area contributed by atoms with Crippen LogP contribution in [0.1, 0.15) is 6.42 Å². The number of benzene rings is 2. The zero-order valence-electron chi connectivity index (χ0n) is 13.5. The van der Waals surface area contributed by atoms with Crippen molar-refractivity contribution in [2.24, 2.45) is 0 Å². The highest BCUT2D eigenvalue weighted by Crippen LogP contribution is 2.33. The lowest BCUT2D eigenvalue weighted by Crippen LogP contribution is -2.09. The molecule has 3 rings (SSSR count). The number of ether oxygens (including phenoxy) is 2. The molecule has 24 heavy (non-hydrogen) atoms. The predicted octanol–water partition coefficient (Wildman–Crippen LogP) is 3.45. The lowest BCUT2D eigenvalue weighted by molar-refractivity contribution is 0.198. The summed E-state index contributed by atoms with van der Waals surface area (Å²) in [5, 5.41) is 5.28. The standard InChI is InChI=1S/C18H20N4O2/c1-23-11-5-10-20-17-16(19)18(22-12-21-17)24-15-9-4-7-13-6-2-3-8-14(13)15/h2-4,6-9,12H,5,10-11,19H2,1H3,(H,20,21,22). The molecule has 0 saturated heterocycles. The van der Waals surface area contributed by atoms with E-state index in [0.717, 1.165) is 17.2 Å². The maximum atomic E-state index is 6.15. The molecular formula is C18H20N4O2. The number of nitrogens with two attached hydrogens (primary N) is 1. The molecule has 0 unspecified atom stereocenters. The van der Waals surface area contributed by atoms with Gasteiger partial charge in [-0.25, -0.2) is 4.98 Å². The van der Waals surface area contributed by atoms with Crippen LogP contribution >= 0.6 is 0 Å². The van der Waals surface area contributed by atoms with Crippen molar-refractivity contribution in [3.05, 3.63) is 48.8 Å². The second-order valence-electron chi connectivity index (χ2n) is 5.29. The molecule has 0 aliphatic carbocycles. The Morgan fingerprint density at radius 1 is 1.08 bits per heavy atom. The summed E-state index contributed by atoms with van der Waals surface area (Å²) in [4.78, 5) is 8.33. The van der Waals surface area contributed by atoms with Gasteiger partial charge in [-0.2, -0.15) is 4.98 Å². The van der Waals surface area contributed by atoms with E-state index >= 15 is 0 Å². The van der Waals surface area contributed by atoms with Crippen molar-refractivity contribution in [3.63, 3.8) is 0 Å². The van der Waals surface area contributed by atoms with Gasteiger partial charge in [0.2, 0.25) is 5.88 Å². The van der Waals surface area contributed by atoms with Gasteiger partial charge < -0.3 is 20.5 Å². The zero-order valence-corrected chi connectivity index (χ0v) is 13.5. The number of anilines is 2. The summed E-state index contributed by atoms with van der Waals surface area (Å²) in [5.74, 6) is 1.62. The first kappa shape index (κ1) is 16.0. The highest BCUT2D eigenvalue weighted by molar-refractivity contribution is 5.88. The lowest BCUT2D eigenvalue weighted by atomic mass is 10.1. The lowest BCUT2D eigenvalue weighted by Gasteiger charge is -2.12. The molecule has 1 aromatic heterocycles. The van der Waals surface area contributed by atoms with E-state index in [0.29, 0.717) is 36.3 Å². The Morgan fingerprint density at radius 2 is 1.92 bits per heavy atom. The molecule has 0 fully saturated rings. The van der Waals surface area contributed by atoms with Crippen LogP contribution in [0.3, 0.4) is 0 Å². The van der Waals surface area contributed by atoms with Gasteiger partial charge in [-0.1, -0.05) is 36.4 Å². The summed E-state index contributed by atoms with van der Waals surface area (Å²) < 4.78 is 11.0. The highest BCUT2D eigenvalue weighted by atomic mass is 16.5. The van der Waals surface area contributed by atoms with Gasteiger partial charge in [0, 0.05) is 25.6 Å². The molecule has 0 radical (unpaired) electrons. The maximum Gasteiger partial charge on any atom is 0.248 e. The van der Waals surface area contributed by atoms with E-state index in [1.807, 2.05) is 42.5 Å². The predicted molar refractivity (Wildman–Crippen MR) is 95.4 cm³/mol. The van der Waals surface area contributed by atoms with Crippen molar-refractivity contribution in [1.82, 2.24) is 9.97 Å². The highest BCUT2D eigenvalue weighted by Gasteiger charge is 2.11. The van der Waals surface area contributed by atoms with Gasteiger partial charge in [0.05, 0.1) is 0 Å². The van der Waals surface area contributed by atoms with Crippen molar-refractivity contribution in [2.75, 3.05) is 31.3 Å². The minimum Gasteiger partial charge on any atom is -0.436 e. The van der Waals surface area contributed by atoms with Crippen LogP contribution in [0, 0.1) is 0 Å². The van der Waals surface area contributed by atoms with Gasteiger partial charge in [0.15, 0.2) is 5.82 Å². The average Bonchev–Trinajstić information content (AvgIpc) is 2.62. The molecule has 6 nitrogen and oxygen atoms in total. The van der Waals surface area contributed by atoms with Crippen molar-refractivity contribution in [3.8, 4) is 11.6 Å². The third-order valence-corrected chi connectivity index (χ3v) is 3.62. The van der Waals surface area contributed by atoms with Crippen LogP contribution in [-0.2, 0) is 4.74 Å². The smallest absolute Gasteiger partial charge is 0.248 e. The maximum absolute atomic E-state index is 6.15. The third kappa shape index (κ3) is 3.55. The van der Waals surface area contributed by atoms with Crippen molar-refractivity contribution in [1.29, 1.82) is 0 Å². The number of nitrogens with zero attached hydrogens (tertiary/aromatic N) is 2. The van der Waals surface area contributed by atoms with E-state index < -0.39 is 0 Å². The number of aromatic nitrogens is 2. The Hall–Kier alpha value is -2.86. The number of rotatable bonds is 7. The van der Waals surface area contributed by atoms with E-state index in [2.05, 4.69) is 15.3 Å². The fourth-order valence-electron chi connectivity index (χ4n) is 2.41. The average molecular weight is 324 g/mol. The Kier molecular flexibility index (Phi) is 5.08. The molecule has 3 N–H and O–H groups in total. The monoisotopic (exact) mass is 324 g/mol. The van der Waals surface area contributed by atoms with Crippen molar-refractivity contribution >= 4 is 22.3 Å². The fraction of sp³-hybridized carbons (Fsp3) is 0.222. The van der Waals surface area contributed by atoms with Gasteiger partial charge in [-0.05, 0) is 17.9 Å². The molecule has 0 saturated carbocycles. The minimum absolute atomic E-state index is 0.343. The van der Waals surface area contributed by atoms with Gasteiger partial charge in [-0.3, -0.25) is 0 Å². The Morgan fingerprint density at radius 3 is 2.79 bits per heavy atom. The molecule has 3 aromatic rings. The Balaban J connectivity index is 1.82. The molecule has 0 aliphatic rings. The van der Waals surface area contributed by atoms with Crippen LogP contribution in [0.25, 0.3) is 10.8 Å². The molecule has 0 amide bonds. The molecule has 2 aromatic carbocycles. The normalized spacial score (nSPS) is 10.7. The number of fused-ring (bicyclic) bond motifs is 1. The molecule has 0 aliphatic heterocycles. The van der Waals surface area contributed by atoms with Crippen LogP contribution in [0.15, 0.2) is 48.8 Å². The van der Waals surface area contributed by atoms with Gasteiger partial charge in [-0.15, -0.1) is 0 Å². The van der Waals surface area contributed by atoms with Crippen LogP contribution in [0.4, 0.5) is 11.5 Å². The van der Waals surface area contributed by atoms with Crippen molar-refractivity contribution < 1.29 is 9.47 Å². The SMILES string of the molecule is COCCCNc1ncnc(Oc2cccc3ccccc23)c1N. The fourth-order valence-corrected chi connectivity index (χ4v) is 2.41. The van der Waals surface area contributed by atoms with E-state index in [-0.39, 0.29) is 0 Å². The van der Waals surface area contributed by atoms with E-state index in [1.54, 1.807) is 7.11 Å². The van der Waals surface area contributed by atoms with Gasteiger partial charge in [0.1, 0.15) is 17.8 Å². The van der Waals surface area contributed by atoms with Gasteiger partial charge in [0.25, 0.3) is 0 Å². The summed E-state index contributed by atoms with van der Waals surface area (Å²) in [7, 11) is 1.68. The quantitative estimate of drug-likeness (QED) is 0.648. The van der Waals surface area contributed by atoms with Crippen molar-refractivity contribution in [2.45, 2.75) is 6.42 Å². The van der Waals surface area contributed by atoms with Crippen LogP contribution in [0.5, 0.6) is 11.6 Å². The second kappa shape index (κ2) is 7.61. The zero-order chi connectivity index (χ0) is 16.8. The molecule has 1 heterocycles. The Bertz CT molecular complexity index is 818. The molecule has 0 spiro atoms. The topological polar surface area (TPSA) is 82.3 Å².